The molecule has 1 fully saturated rings. The van der Waals surface area contributed by atoms with Crippen LogP contribution >= 0.6 is 0 Å². The van der Waals surface area contributed by atoms with Crippen molar-refractivity contribution in [3.8, 4) is 0 Å². The van der Waals surface area contributed by atoms with E-state index in [-0.39, 0.29) is 24.1 Å². The van der Waals surface area contributed by atoms with Crippen LogP contribution in [0.25, 0.3) is 0 Å². The Morgan fingerprint density at radius 2 is 2.11 bits per heavy atom. The molecule has 1 heterocycles. The van der Waals surface area contributed by atoms with Crippen molar-refractivity contribution >= 4 is 21.8 Å². The number of amides is 2. The van der Waals surface area contributed by atoms with Crippen LogP contribution in [0.15, 0.2) is 0 Å². The maximum absolute atomic E-state index is 11.8. The maximum atomic E-state index is 11.8. The molecule has 1 rings (SSSR count). The Labute approximate surface area is 112 Å². The number of hydrogen-bond acceptors (Lipinski definition) is 4. The van der Waals surface area contributed by atoms with Crippen molar-refractivity contribution in [2.75, 3.05) is 25.1 Å². The van der Waals surface area contributed by atoms with E-state index in [2.05, 4.69) is 5.32 Å². The van der Waals surface area contributed by atoms with E-state index in [1.165, 1.54) is 11.9 Å². The molecular weight excluding hydrogens is 272 g/mol. The molecule has 1 saturated heterocycles. The van der Waals surface area contributed by atoms with Gasteiger partial charge in [0.25, 0.3) is 0 Å². The fraction of sp³-hybridized carbons (Fsp3) is 0.818. The van der Waals surface area contributed by atoms with E-state index in [1.807, 2.05) is 0 Å². The second-order valence-corrected chi connectivity index (χ2v) is 7.03. The van der Waals surface area contributed by atoms with Gasteiger partial charge in [0, 0.05) is 19.6 Å². The van der Waals surface area contributed by atoms with Crippen LogP contribution in [0.1, 0.15) is 19.8 Å². The molecule has 19 heavy (non-hydrogen) atoms. The minimum absolute atomic E-state index is 0.0208. The lowest BCUT2D eigenvalue weighted by Crippen LogP contribution is -2.46. The van der Waals surface area contributed by atoms with Gasteiger partial charge < -0.3 is 15.3 Å². The van der Waals surface area contributed by atoms with E-state index >= 15 is 0 Å². The summed E-state index contributed by atoms with van der Waals surface area (Å²) in [5.41, 5.74) is 0. The molecule has 0 aliphatic carbocycles. The van der Waals surface area contributed by atoms with E-state index in [0.717, 1.165) is 0 Å². The third kappa shape index (κ3) is 4.38. The fourth-order valence-electron chi connectivity index (χ4n) is 1.99. The number of rotatable bonds is 5. The molecule has 2 N–H and O–H groups in total. The van der Waals surface area contributed by atoms with Crippen LogP contribution in [0.2, 0.25) is 0 Å². The van der Waals surface area contributed by atoms with Gasteiger partial charge in [-0.15, -0.1) is 0 Å². The van der Waals surface area contributed by atoms with Crippen LogP contribution in [-0.4, -0.2) is 61.6 Å². The van der Waals surface area contributed by atoms with Crippen molar-refractivity contribution in [2.24, 2.45) is 5.92 Å². The number of carbonyl (C=O) groups excluding carboxylic acids is 1. The van der Waals surface area contributed by atoms with Gasteiger partial charge in [-0.1, -0.05) is 6.92 Å². The number of hydrogen-bond donors (Lipinski definition) is 2. The van der Waals surface area contributed by atoms with Gasteiger partial charge in [-0.05, 0) is 12.8 Å². The number of sulfone groups is 1. The van der Waals surface area contributed by atoms with Crippen LogP contribution in [0.4, 0.5) is 4.79 Å². The van der Waals surface area contributed by atoms with Crippen LogP contribution in [-0.2, 0) is 14.6 Å². The molecule has 0 spiro atoms. The third-order valence-corrected chi connectivity index (χ3v) is 5.17. The number of urea groups is 1. The smallest absolute Gasteiger partial charge is 0.317 e. The van der Waals surface area contributed by atoms with Gasteiger partial charge in [-0.3, -0.25) is 4.79 Å². The Balaban J connectivity index is 2.48. The largest absolute Gasteiger partial charge is 0.481 e. The average Bonchev–Trinajstić information content (AvgIpc) is 2.68. The van der Waals surface area contributed by atoms with E-state index < -0.39 is 27.8 Å². The summed E-state index contributed by atoms with van der Waals surface area (Å²) in [6.45, 7) is 1.78. The molecule has 2 atom stereocenters. The van der Waals surface area contributed by atoms with E-state index in [4.69, 9.17) is 5.11 Å². The minimum atomic E-state index is -3.04. The highest BCUT2D eigenvalue weighted by molar-refractivity contribution is 7.91. The molecule has 110 valence electrons. The number of carboxylic acids is 1. The molecule has 0 aromatic heterocycles. The summed E-state index contributed by atoms with van der Waals surface area (Å²) in [6, 6.07) is -0.753. The minimum Gasteiger partial charge on any atom is -0.481 e. The molecule has 7 nitrogen and oxygen atoms in total. The topological polar surface area (TPSA) is 104 Å². The van der Waals surface area contributed by atoms with Crippen LogP contribution in [0, 0.1) is 5.92 Å². The number of carboxylic acid groups (broad SMARTS) is 1. The van der Waals surface area contributed by atoms with Crippen molar-refractivity contribution in [3.05, 3.63) is 0 Å². The zero-order valence-electron chi connectivity index (χ0n) is 11.1. The lowest BCUT2D eigenvalue weighted by atomic mass is 10.1. The van der Waals surface area contributed by atoms with Gasteiger partial charge >= 0.3 is 12.0 Å². The molecule has 8 heteroatoms. The monoisotopic (exact) mass is 292 g/mol. The average molecular weight is 292 g/mol. The van der Waals surface area contributed by atoms with Crippen LogP contribution in [0.5, 0.6) is 0 Å². The molecule has 1 aliphatic rings. The summed E-state index contributed by atoms with van der Waals surface area (Å²) in [5.74, 6) is -1.49. The number of nitrogens with zero attached hydrogens (tertiary/aromatic N) is 1. The highest BCUT2D eigenvalue weighted by atomic mass is 32.2. The zero-order chi connectivity index (χ0) is 14.6. The summed E-state index contributed by atoms with van der Waals surface area (Å²) >= 11 is 0. The Morgan fingerprint density at radius 1 is 1.47 bits per heavy atom. The standard InChI is InChI=1S/C11H20N2O5S/c1-3-8(10(14)15)6-12-11(16)13(2)9-4-5-19(17,18)7-9/h8-9H,3-7H2,1-2H3,(H,12,16)(H,14,15). The predicted molar refractivity (Wildman–Crippen MR) is 69.6 cm³/mol. The van der Waals surface area contributed by atoms with Crippen molar-refractivity contribution < 1.29 is 23.1 Å². The van der Waals surface area contributed by atoms with Crippen LogP contribution < -0.4 is 5.32 Å². The molecule has 2 unspecified atom stereocenters. The van der Waals surface area contributed by atoms with Crippen molar-refractivity contribution in [3.63, 3.8) is 0 Å². The number of nitrogens with one attached hydrogen (secondary N) is 1. The maximum Gasteiger partial charge on any atom is 0.317 e. The normalized spacial score (nSPS) is 22.7. The van der Waals surface area contributed by atoms with Crippen molar-refractivity contribution in [1.29, 1.82) is 0 Å². The van der Waals surface area contributed by atoms with Gasteiger partial charge in [0.15, 0.2) is 9.84 Å². The first-order chi connectivity index (χ1) is 8.76. The van der Waals surface area contributed by atoms with Gasteiger partial charge in [0.1, 0.15) is 0 Å². The van der Waals surface area contributed by atoms with Gasteiger partial charge in [-0.25, -0.2) is 13.2 Å². The third-order valence-electron chi connectivity index (χ3n) is 3.42. The Bertz CT molecular complexity index is 448. The SMILES string of the molecule is CCC(CNC(=O)N(C)C1CCS(=O)(=O)C1)C(=O)O. The quantitative estimate of drug-likeness (QED) is 0.738. The number of aliphatic carboxylic acids is 1. The first-order valence-electron chi connectivity index (χ1n) is 6.20. The lowest BCUT2D eigenvalue weighted by Gasteiger charge is -2.24. The summed E-state index contributed by atoms with van der Waals surface area (Å²) in [6.07, 6.45) is 0.861. The van der Waals surface area contributed by atoms with E-state index in [9.17, 15) is 18.0 Å². The Morgan fingerprint density at radius 3 is 2.53 bits per heavy atom. The Kier molecular flexibility index (Phi) is 5.16. The molecule has 0 aromatic carbocycles. The van der Waals surface area contributed by atoms with Gasteiger partial charge in [-0.2, -0.15) is 0 Å². The summed E-state index contributed by atoms with van der Waals surface area (Å²) < 4.78 is 22.7. The molecule has 0 radical (unpaired) electrons. The molecule has 2 amide bonds. The highest BCUT2D eigenvalue weighted by Crippen LogP contribution is 2.16. The number of carbonyl (C=O) groups is 2. The van der Waals surface area contributed by atoms with E-state index in [0.29, 0.717) is 12.8 Å². The van der Waals surface area contributed by atoms with Crippen molar-refractivity contribution in [1.82, 2.24) is 10.2 Å². The van der Waals surface area contributed by atoms with Crippen molar-refractivity contribution in [2.45, 2.75) is 25.8 Å². The lowest BCUT2D eigenvalue weighted by molar-refractivity contribution is -0.141. The molecule has 1 aliphatic heterocycles. The molecule has 0 bridgehead atoms. The highest BCUT2D eigenvalue weighted by Gasteiger charge is 2.32. The van der Waals surface area contributed by atoms with E-state index in [1.54, 1.807) is 6.92 Å². The van der Waals surface area contributed by atoms with Gasteiger partial charge in [0.05, 0.1) is 17.4 Å². The summed E-state index contributed by atoms with van der Waals surface area (Å²) in [7, 11) is -1.51. The summed E-state index contributed by atoms with van der Waals surface area (Å²) in [5, 5.41) is 11.4. The fourth-order valence-corrected chi connectivity index (χ4v) is 3.76. The first-order valence-corrected chi connectivity index (χ1v) is 8.03. The zero-order valence-corrected chi connectivity index (χ0v) is 11.9. The molecule has 0 aromatic rings. The predicted octanol–water partition coefficient (Wildman–Crippen LogP) is -0.0743. The second kappa shape index (κ2) is 6.23. The Hall–Kier alpha value is -1.31. The molecular formula is C11H20N2O5S. The van der Waals surface area contributed by atoms with Crippen LogP contribution in [0.3, 0.4) is 0 Å². The second-order valence-electron chi connectivity index (χ2n) is 4.80. The van der Waals surface area contributed by atoms with Gasteiger partial charge in [0.2, 0.25) is 0 Å². The summed E-state index contributed by atoms with van der Waals surface area (Å²) in [4.78, 5) is 24.0. The first kappa shape index (κ1) is 15.7. The molecule has 0 saturated carbocycles.